The number of hydrogen-bond donors (Lipinski definition) is 0. The highest BCUT2D eigenvalue weighted by Crippen LogP contribution is 2.37. The summed E-state index contributed by atoms with van der Waals surface area (Å²) in [5.41, 5.74) is 2.88. The van der Waals surface area contributed by atoms with Crippen molar-refractivity contribution in [3.05, 3.63) is 102 Å². The zero-order valence-electron chi connectivity index (χ0n) is 18.4. The van der Waals surface area contributed by atoms with Crippen molar-refractivity contribution in [2.45, 2.75) is 50.6 Å². The number of halogens is 1. The van der Waals surface area contributed by atoms with Crippen LogP contribution in [0, 0.1) is 6.92 Å². The first-order chi connectivity index (χ1) is 16.2. The van der Waals surface area contributed by atoms with E-state index in [2.05, 4.69) is 0 Å². The van der Waals surface area contributed by atoms with Gasteiger partial charge < -0.3 is 23.7 Å². The van der Waals surface area contributed by atoms with Crippen LogP contribution < -0.4 is 4.74 Å². The number of benzene rings is 3. The van der Waals surface area contributed by atoms with E-state index in [-0.39, 0.29) is 13.2 Å². The van der Waals surface area contributed by atoms with Gasteiger partial charge in [-0.15, -0.1) is 0 Å². The Bertz CT molecular complexity index is 1010. The minimum Gasteiger partial charge on any atom is -0.462 e. The van der Waals surface area contributed by atoms with Crippen molar-refractivity contribution in [2.75, 3.05) is 6.61 Å². The Hall–Kier alpha value is -2.77. The molecule has 0 aliphatic carbocycles. The summed E-state index contributed by atoms with van der Waals surface area (Å²) in [5.74, 6) is 0.587. The van der Waals surface area contributed by atoms with E-state index in [4.69, 9.17) is 23.7 Å². The molecular formula is C27H27FO5. The lowest BCUT2D eigenvalue weighted by Crippen LogP contribution is -2.62. The topological polar surface area (TPSA) is 46.2 Å². The van der Waals surface area contributed by atoms with Crippen molar-refractivity contribution >= 4 is 0 Å². The maximum absolute atomic E-state index is 15.9. The van der Waals surface area contributed by atoms with E-state index in [0.29, 0.717) is 5.75 Å². The van der Waals surface area contributed by atoms with Gasteiger partial charge in [0.1, 0.15) is 18.0 Å². The lowest BCUT2D eigenvalue weighted by Gasteiger charge is -2.46. The van der Waals surface area contributed by atoms with Crippen molar-refractivity contribution in [3.63, 3.8) is 0 Å². The van der Waals surface area contributed by atoms with Crippen LogP contribution in [0.2, 0.25) is 0 Å². The number of ether oxygens (including phenoxy) is 5. The summed E-state index contributed by atoms with van der Waals surface area (Å²) in [4.78, 5) is 0. The molecule has 5 nitrogen and oxygen atoms in total. The molecule has 0 radical (unpaired) electrons. The van der Waals surface area contributed by atoms with Gasteiger partial charge in [0.15, 0.2) is 18.6 Å². The Kier molecular flexibility index (Phi) is 6.69. The molecule has 6 atom stereocenters. The van der Waals surface area contributed by atoms with Crippen LogP contribution in [0.1, 0.15) is 23.0 Å². The molecule has 33 heavy (non-hydrogen) atoms. The van der Waals surface area contributed by atoms with Gasteiger partial charge in [-0.1, -0.05) is 78.4 Å². The van der Waals surface area contributed by atoms with E-state index in [0.717, 1.165) is 16.7 Å². The molecule has 2 heterocycles. The van der Waals surface area contributed by atoms with Gasteiger partial charge in [0.05, 0.1) is 13.2 Å². The molecule has 172 valence electrons. The predicted octanol–water partition coefficient (Wildman–Crippen LogP) is 5.14. The van der Waals surface area contributed by atoms with Crippen molar-refractivity contribution in [1.29, 1.82) is 0 Å². The van der Waals surface area contributed by atoms with Gasteiger partial charge in [-0.05, 0) is 24.6 Å². The number of aryl methyl sites for hydroxylation is 1. The second-order valence-corrected chi connectivity index (χ2v) is 8.36. The molecular weight excluding hydrogens is 423 g/mol. The van der Waals surface area contributed by atoms with E-state index in [9.17, 15) is 0 Å². The van der Waals surface area contributed by atoms with Gasteiger partial charge in [-0.3, -0.25) is 0 Å². The normalized spacial score (nSPS) is 29.3. The average molecular weight is 451 g/mol. The zero-order valence-corrected chi connectivity index (χ0v) is 18.4. The minimum atomic E-state index is -1.46. The van der Waals surface area contributed by atoms with Crippen LogP contribution in [-0.4, -0.2) is 37.4 Å². The van der Waals surface area contributed by atoms with Crippen LogP contribution in [0.15, 0.2) is 84.9 Å². The summed E-state index contributed by atoms with van der Waals surface area (Å²) in [5, 5.41) is 0. The standard InChI is InChI=1S/C27H27FO5/c1-18-12-14-21(15-13-18)31-27-25(29-16-19-8-4-2-5-9-19)23(28)24-22(32-27)17-30-26(33-24)20-10-6-3-7-11-20/h2-15,22-27H,16-17H2,1H3/t22-,23+,24-,25+,26?,27?/m1/s1. The Morgan fingerprint density at radius 1 is 0.879 bits per heavy atom. The second kappa shape index (κ2) is 10.0. The smallest absolute Gasteiger partial charge is 0.229 e. The molecule has 0 amide bonds. The van der Waals surface area contributed by atoms with Crippen LogP contribution in [0.5, 0.6) is 5.75 Å². The number of alkyl halides is 1. The monoisotopic (exact) mass is 450 g/mol. The molecule has 5 rings (SSSR count). The first kappa shape index (κ1) is 22.0. The Balaban J connectivity index is 1.35. The molecule has 2 aliphatic heterocycles. The van der Waals surface area contributed by atoms with E-state index in [1.54, 1.807) is 0 Å². The first-order valence-corrected chi connectivity index (χ1v) is 11.2. The third kappa shape index (κ3) is 5.09. The van der Waals surface area contributed by atoms with Crippen LogP contribution in [-0.2, 0) is 25.6 Å². The highest BCUT2D eigenvalue weighted by Gasteiger charge is 2.52. The van der Waals surface area contributed by atoms with Crippen molar-refractivity contribution in [1.82, 2.24) is 0 Å². The Morgan fingerprint density at radius 2 is 1.58 bits per heavy atom. The summed E-state index contributed by atoms with van der Waals surface area (Å²) in [6, 6.07) is 26.7. The fraction of sp³-hybridized carbons (Fsp3) is 0.333. The highest BCUT2D eigenvalue weighted by atomic mass is 19.1. The predicted molar refractivity (Wildman–Crippen MR) is 120 cm³/mol. The third-order valence-corrected chi connectivity index (χ3v) is 5.89. The van der Waals surface area contributed by atoms with E-state index in [1.807, 2.05) is 91.9 Å². The molecule has 0 spiro atoms. The Morgan fingerprint density at radius 3 is 2.30 bits per heavy atom. The molecule has 2 unspecified atom stereocenters. The average Bonchev–Trinajstić information content (AvgIpc) is 2.86. The molecule has 0 aromatic heterocycles. The molecule has 6 heteroatoms. The van der Waals surface area contributed by atoms with Crippen molar-refractivity contribution in [3.8, 4) is 5.75 Å². The van der Waals surface area contributed by atoms with Gasteiger partial charge in [-0.25, -0.2) is 4.39 Å². The summed E-state index contributed by atoms with van der Waals surface area (Å²) in [6.07, 6.45) is -5.46. The lowest BCUT2D eigenvalue weighted by molar-refractivity contribution is -0.347. The second-order valence-electron chi connectivity index (χ2n) is 8.36. The molecule has 3 aromatic rings. The van der Waals surface area contributed by atoms with Crippen LogP contribution in [0.4, 0.5) is 4.39 Å². The van der Waals surface area contributed by atoms with Crippen LogP contribution >= 0.6 is 0 Å². The summed E-state index contributed by atoms with van der Waals surface area (Å²) < 4.78 is 46.0. The fourth-order valence-electron chi connectivity index (χ4n) is 4.10. The molecule has 0 saturated carbocycles. The van der Waals surface area contributed by atoms with E-state index < -0.39 is 37.1 Å². The van der Waals surface area contributed by atoms with Gasteiger partial charge >= 0.3 is 0 Å². The SMILES string of the molecule is Cc1ccc(OC2O[C@@H]3COC(c4ccccc4)O[C@H]3[C@H](F)[C@@H]2OCc2ccccc2)cc1. The third-order valence-electron chi connectivity index (χ3n) is 5.89. The van der Waals surface area contributed by atoms with Gasteiger partial charge in [0.2, 0.25) is 6.29 Å². The van der Waals surface area contributed by atoms with Crippen LogP contribution in [0.3, 0.4) is 0 Å². The van der Waals surface area contributed by atoms with Gasteiger partial charge in [0, 0.05) is 5.56 Å². The minimum absolute atomic E-state index is 0.198. The maximum Gasteiger partial charge on any atom is 0.229 e. The fourth-order valence-corrected chi connectivity index (χ4v) is 4.10. The number of rotatable bonds is 6. The molecule has 3 aromatic carbocycles. The van der Waals surface area contributed by atoms with Crippen molar-refractivity contribution < 1.29 is 28.1 Å². The maximum atomic E-state index is 15.9. The van der Waals surface area contributed by atoms with E-state index >= 15 is 4.39 Å². The molecule has 0 bridgehead atoms. The molecule has 2 fully saturated rings. The Labute approximate surface area is 193 Å². The van der Waals surface area contributed by atoms with Crippen molar-refractivity contribution in [2.24, 2.45) is 0 Å². The van der Waals surface area contributed by atoms with E-state index in [1.165, 1.54) is 0 Å². The van der Waals surface area contributed by atoms with Gasteiger partial charge in [0.25, 0.3) is 0 Å². The summed E-state index contributed by atoms with van der Waals surface area (Å²) in [6.45, 7) is 2.43. The summed E-state index contributed by atoms with van der Waals surface area (Å²) >= 11 is 0. The quantitative estimate of drug-likeness (QED) is 0.521. The number of hydrogen-bond acceptors (Lipinski definition) is 5. The summed E-state index contributed by atoms with van der Waals surface area (Å²) in [7, 11) is 0. The lowest BCUT2D eigenvalue weighted by atomic mass is 9.98. The highest BCUT2D eigenvalue weighted by molar-refractivity contribution is 5.26. The number of fused-ring (bicyclic) bond motifs is 1. The van der Waals surface area contributed by atoms with Gasteiger partial charge in [-0.2, -0.15) is 0 Å². The largest absolute Gasteiger partial charge is 0.462 e. The zero-order chi connectivity index (χ0) is 22.6. The molecule has 2 saturated heterocycles. The molecule has 0 N–H and O–H groups in total. The molecule has 2 aliphatic rings. The van der Waals surface area contributed by atoms with Crippen LogP contribution in [0.25, 0.3) is 0 Å². The first-order valence-electron chi connectivity index (χ1n) is 11.2.